The second kappa shape index (κ2) is 9.52. The predicted octanol–water partition coefficient (Wildman–Crippen LogP) is 4.38. The van der Waals surface area contributed by atoms with Crippen LogP contribution in [0.1, 0.15) is 16.7 Å². The van der Waals surface area contributed by atoms with Crippen LogP contribution in [0.15, 0.2) is 90.0 Å². The zero-order chi connectivity index (χ0) is 23.4. The number of rotatable bonds is 7. The normalized spacial score (nSPS) is 12.4. The van der Waals surface area contributed by atoms with E-state index in [1.54, 1.807) is 30.5 Å². The minimum atomic E-state index is -4.04. The third-order valence-corrected chi connectivity index (χ3v) is 7.15. The lowest BCUT2D eigenvalue weighted by atomic mass is 10.0. The first-order chi connectivity index (χ1) is 15.8. The number of nitrogens with zero attached hydrogens (tertiary/aromatic N) is 1. The fourth-order valence-corrected chi connectivity index (χ4v) is 5.06. The van der Waals surface area contributed by atoms with Gasteiger partial charge in [-0.15, -0.1) is 0 Å². The molecule has 0 aliphatic heterocycles. The van der Waals surface area contributed by atoms with Gasteiger partial charge in [-0.1, -0.05) is 60.7 Å². The maximum absolute atomic E-state index is 13.4. The van der Waals surface area contributed by atoms with Crippen molar-refractivity contribution in [2.75, 3.05) is 5.32 Å². The van der Waals surface area contributed by atoms with Crippen molar-refractivity contribution in [2.24, 2.45) is 0 Å². The second-order valence-corrected chi connectivity index (χ2v) is 9.61. The maximum atomic E-state index is 13.4. The summed E-state index contributed by atoms with van der Waals surface area (Å²) in [6.45, 7) is 3.88. The Balaban J connectivity index is 1.68. The van der Waals surface area contributed by atoms with E-state index in [2.05, 4.69) is 15.0 Å². The fraction of sp³-hybridized carbons (Fsp3) is 0.154. The number of benzene rings is 3. The third-order valence-electron chi connectivity index (χ3n) is 5.64. The molecule has 4 rings (SSSR count). The van der Waals surface area contributed by atoms with E-state index in [1.165, 1.54) is 6.07 Å². The number of hydrogen-bond acceptors (Lipinski definition) is 4. The zero-order valence-electron chi connectivity index (χ0n) is 18.4. The largest absolute Gasteiger partial charge is 0.324 e. The Bertz CT molecular complexity index is 1400. The molecule has 0 unspecified atom stereocenters. The minimum Gasteiger partial charge on any atom is -0.324 e. The third kappa shape index (κ3) is 5.10. The molecule has 0 saturated carbocycles. The number of hydrogen-bond donors (Lipinski definition) is 2. The summed E-state index contributed by atoms with van der Waals surface area (Å²) in [4.78, 5) is 17.6. The zero-order valence-corrected chi connectivity index (χ0v) is 19.3. The van der Waals surface area contributed by atoms with Crippen LogP contribution in [0.25, 0.3) is 10.9 Å². The number of aromatic nitrogens is 1. The van der Waals surface area contributed by atoms with Crippen molar-refractivity contribution >= 4 is 32.5 Å². The van der Waals surface area contributed by atoms with Crippen molar-refractivity contribution in [3.05, 3.63) is 102 Å². The standard InChI is InChI=1S/C26H25N3O3S/c1-18-9-6-14-22(19(18)2)28-26(30)23(17-20-10-4-3-5-11-20)29-33(31,32)24-15-7-12-21-13-8-16-27-25(21)24/h3-16,23,29H,17H2,1-2H3,(H,28,30)/t23-/m1/s1. The molecule has 7 heteroatoms. The molecule has 168 valence electrons. The molecular weight excluding hydrogens is 434 g/mol. The number of para-hydroxylation sites is 1. The number of carbonyl (C=O) groups is 1. The number of anilines is 1. The van der Waals surface area contributed by atoms with E-state index in [-0.39, 0.29) is 11.3 Å². The van der Waals surface area contributed by atoms with Crippen LogP contribution in [0.3, 0.4) is 0 Å². The number of aryl methyl sites for hydroxylation is 1. The molecule has 0 bridgehead atoms. The molecule has 0 saturated heterocycles. The Morgan fingerprint density at radius 2 is 1.64 bits per heavy atom. The van der Waals surface area contributed by atoms with E-state index in [0.717, 1.165) is 16.7 Å². The highest BCUT2D eigenvalue weighted by atomic mass is 32.2. The predicted molar refractivity (Wildman–Crippen MR) is 131 cm³/mol. The second-order valence-electron chi connectivity index (χ2n) is 7.93. The van der Waals surface area contributed by atoms with Gasteiger partial charge in [0.15, 0.2) is 0 Å². The Labute approximate surface area is 193 Å². The number of fused-ring (bicyclic) bond motifs is 1. The topological polar surface area (TPSA) is 88.2 Å². The molecule has 1 aromatic heterocycles. The fourth-order valence-electron chi connectivity index (χ4n) is 3.69. The van der Waals surface area contributed by atoms with Crippen molar-refractivity contribution in [3.63, 3.8) is 0 Å². The van der Waals surface area contributed by atoms with Crippen LogP contribution in [0.4, 0.5) is 5.69 Å². The lowest BCUT2D eigenvalue weighted by Gasteiger charge is -2.20. The summed E-state index contributed by atoms with van der Waals surface area (Å²) in [6.07, 6.45) is 1.75. The SMILES string of the molecule is Cc1cccc(NC(=O)[C@@H](Cc2ccccc2)NS(=O)(=O)c2cccc3cccnc23)c1C. The molecule has 0 spiro atoms. The van der Waals surface area contributed by atoms with Crippen LogP contribution in [0.2, 0.25) is 0 Å². The number of nitrogens with one attached hydrogen (secondary N) is 2. The van der Waals surface area contributed by atoms with Gasteiger partial charge in [0, 0.05) is 17.3 Å². The highest BCUT2D eigenvalue weighted by Gasteiger charge is 2.28. The van der Waals surface area contributed by atoms with Gasteiger partial charge in [0.25, 0.3) is 0 Å². The van der Waals surface area contributed by atoms with Gasteiger partial charge >= 0.3 is 0 Å². The van der Waals surface area contributed by atoms with Gasteiger partial charge < -0.3 is 5.32 Å². The van der Waals surface area contributed by atoms with E-state index in [4.69, 9.17) is 0 Å². The van der Waals surface area contributed by atoms with E-state index in [0.29, 0.717) is 16.6 Å². The van der Waals surface area contributed by atoms with Gasteiger partial charge in [-0.3, -0.25) is 9.78 Å². The summed E-state index contributed by atoms with van der Waals surface area (Å²) in [7, 11) is -4.04. The quantitative estimate of drug-likeness (QED) is 0.429. The van der Waals surface area contributed by atoms with Crippen LogP contribution in [0, 0.1) is 13.8 Å². The highest BCUT2D eigenvalue weighted by molar-refractivity contribution is 7.89. The van der Waals surface area contributed by atoms with Crippen molar-refractivity contribution < 1.29 is 13.2 Å². The summed E-state index contributed by atoms with van der Waals surface area (Å²) in [6, 6.07) is 22.5. The molecule has 1 atom stereocenters. The molecule has 2 N–H and O–H groups in total. The Morgan fingerprint density at radius 3 is 2.42 bits per heavy atom. The van der Waals surface area contributed by atoms with E-state index >= 15 is 0 Å². The molecule has 3 aromatic carbocycles. The molecule has 1 heterocycles. The molecule has 0 aliphatic rings. The molecule has 0 radical (unpaired) electrons. The molecule has 6 nitrogen and oxygen atoms in total. The molecular formula is C26H25N3O3S. The van der Waals surface area contributed by atoms with Gasteiger partial charge in [-0.2, -0.15) is 4.72 Å². The van der Waals surface area contributed by atoms with E-state index in [9.17, 15) is 13.2 Å². The Hall–Kier alpha value is -3.55. The van der Waals surface area contributed by atoms with Gasteiger partial charge in [-0.25, -0.2) is 8.42 Å². The lowest BCUT2D eigenvalue weighted by molar-refractivity contribution is -0.117. The van der Waals surface area contributed by atoms with Crippen molar-refractivity contribution in [1.82, 2.24) is 9.71 Å². The summed E-state index contributed by atoms with van der Waals surface area (Å²) in [5.41, 5.74) is 3.84. The first kappa shape index (κ1) is 22.6. The first-order valence-electron chi connectivity index (χ1n) is 10.6. The van der Waals surface area contributed by atoms with Crippen LogP contribution in [-0.4, -0.2) is 25.4 Å². The van der Waals surface area contributed by atoms with Gasteiger partial charge in [-0.05, 0) is 55.2 Å². The average molecular weight is 460 g/mol. The molecule has 4 aromatic rings. The minimum absolute atomic E-state index is 0.0400. The molecule has 1 amide bonds. The number of pyridine rings is 1. The average Bonchev–Trinajstić information content (AvgIpc) is 2.81. The summed E-state index contributed by atoms with van der Waals surface area (Å²) in [5.74, 6) is -0.427. The first-order valence-corrected chi connectivity index (χ1v) is 12.1. The van der Waals surface area contributed by atoms with Gasteiger partial charge in [0.1, 0.15) is 10.9 Å². The van der Waals surface area contributed by atoms with Crippen molar-refractivity contribution in [2.45, 2.75) is 31.2 Å². The van der Waals surface area contributed by atoms with Crippen LogP contribution >= 0.6 is 0 Å². The molecule has 0 fully saturated rings. The highest BCUT2D eigenvalue weighted by Crippen LogP contribution is 2.22. The molecule has 33 heavy (non-hydrogen) atoms. The number of carbonyl (C=O) groups excluding carboxylic acids is 1. The van der Waals surface area contributed by atoms with E-state index in [1.807, 2.05) is 62.4 Å². The van der Waals surface area contributed by atoms with Crippen LogP contribution < -0.4 is 10.0 Å². The summed E-state index contributed by atoms with van der Waals surface area (Å²) < 4.78 is 29.4. The summed E-state index contributed by atoms with van der Waals surface area (Å²) >= 11 is 0. The Morgan fingerprint density at radius 1 is 0.909 bits per heavy atom. The van der Waals surface area contributed by atoms with Crippen LogP contribution in [0.5, 0.6) is 0 Å². The Kier molecular flexibility index (Phi) is 6.53. The number of sulfonamides is 1. The monoisotopic (exact) mass is 459 g/mol. The van der Waals surface area contributed by atoms with Gasteiger partial charge in [0.05, 0.1) is 5.52 Å². The lowest BCUT2D eigenvalue weighted by Crippen LogP contribution is -2.45. The van der Waals surface area contributed by atoms with Gasteiger partial charge in [0.2, 0.25) is 15.9 Å². The maximum Gasteiger partial charge on any atom is 0.243 e. The van der Waals surface area contributed by atoms with Crippen molar-refractivity contribution in [3.8, 4) is 0 Å². The number of amides is 1. The van der Waals surface area contributed by atoms with E-state index < -0.39 is 22.0 Å². The van der Waals surface area contributed by atoms with Crippen LogP contribution in [-0.2, 0) is 21.2 Å². The molecule has 0 aliphatic carbocycles. The summed E-state index contributed by atoms with van der Waals surface area (Å²) in [5, 5.41) is 3.61. The van der Waals surface area contributed by atoms with Crippen molar-refractivity contribution in [1.29, 1.82) is 0 Å². The smallest absolute Gasteiger partial charge is 0.243 e.